The van der Waals surface area contributed by atoms with E-state index in [4.69, 9.17) is 23.2 Å². The molecular formula is C14H11Cl2N3O. The van der Waals surface area contributed by atoms with Crippen LogP contribution in [0.3, 0.4) is 0 Å². The zero-order valence-electron chi connectivity index (χ0n) is 10.7. The minimum atomic E-state index is 0.522. The number of benzene rings is 1. The van der Waals surface area contributed by atoms with E-state index in [9.17, 15) is 4.79 Å². The molecule has 0 unspecified atom stereocenters. The third kappa shape index (κ3) is 2.11. The Morgan fingerprint density at radius 2 is 2.15 bits per heavy atom. The van der Waals surface area contributed by atoms with E-state index in [1.165, 1.54) is 0 Å². The van der Waals surface area contributed by atoms with Crippen LogP contribution in [0.4, 0.5) is 0 Å². The van der Waals surface area contributed by atoms with Crippen molar-refractivity contribution in [1.29, 1.82) is 0 Å². The monoisotopic (exact) mass is 307 g/mol. The van der Waals surface area contributed by atoms with Gasteiger partial charge in [0.15, 0.2) is 6.29 Å². The Balaban J connectivity index is 2.13. The maximum atomic E-state index is 11.2. The number of hydrogen-bond donors (Lipinski definition) is 0. The summed E-state index contributed by atoms with van der Waals surface area (Å²) in [5, 5.41) is 2.09. The van der Waals surface area contributed by atoms with Crippen molar-refractivity contribution in [1.82, 2.24) is 14.1 Å². The number of carbonyl (C=O) groups excluding carboxylic acids is 1. The summed E-state index contributed by atoms with van der Waals surface area (Å²) in [5.41, 5.74) is 1.54. The lowest BCUT2D eigenvalue weighted by atomic mass is 10.2. The lowest BCUT2D eigenvalue weighted by molar-refractivity contribution is 0.112. The molecule has 20 heavy (non-hydrogen) atoms. The molecule has 2 aromatic heterocycles. The van der Waals surface area contributed by atoms with Gasteiger partial charge in [0.1, 0.15) is 11.0 Å². The number of aldehydes is 1. The molecule has 3 rings (SSSR count). The van der Waals surface area contributed by atoms with Crippen LogP contribution in [0.15, 0.2) is 30.6 Å². The molecular weight excluding hydrogens is 297 g/mol. The molecule has 0 bridgehead atoms. The molecule has 4 nitrogen and oxygen atoms in total. The van der Waals surface area contributed by atoms with E-state index in [1.807, 2.05) is 23.7 Å². The third-order valence-corrected chi connectivity index (χ3v) is 3.93. The van der Waals surface area contributed by atoms with Crippen molar-refractivity contribution in [2.75, 3.05) is 0 Å². The van der Waals surface area contributed by atoms with Gasteiger partial charge in [-0.1, -0.05) is 29.3 Å². The van der Waals surface area contributed by atoms with Crippen LogP contribution in [0.25, 0.3) is 10.9 Å². The Kier molecular flexibility index (Phi) is 3.28. The van der Waals surface area contributed by atoms with Crippen molar-refractivity contribution < 1.29 is 4.79 Å². The van der Waals surface area contributed by atoms with E-state index in [1.54, 1.807) is 23.0 Å². The van der Waals surface area contributed by atoms with Crippen LogP contribution in [0.2, 0.25) is 10.2 Å². The van der Waals surface area contributed by atoms with Gasteiger partial charge in [-0.05, 0) is 12.1 Å². The number of aromatic nitrogens is 3. The molecule has 0 atom stereocenters. The predicted molar refractivity (Wildman–Crippen MR) is 79.7 cm³/mol. The number of halogens is 2. The van der Waals surface area contributed by atoms with E-state index in [-0.39, 0.29) is 0 Å². The molecule has 0 aliphatic rings. The van der Waals surface area contributed by atoms with Gasteiger partial charge in [0.05, 0.1) is 18.3 Å². The normalized spacial score (nSPS) is 11.2. The molecule has 0 aliphatic heterocycles. The first-order valence-corrected chi connectivity index (χ1v) is 6.75. The average Bonchev–Trinajstić information content (AvgIpc) is 2.94. The van der Waals surface area contributed by atoms with E-state index in [2.05, 4.69) is 4.98 Å². The summed E-state index contributed by atoms with van der Waals surface area (Å²) in [5.74, 6) is 0.810. The van der Waals surface area contributed by atoms with E-state index >= 15 is 0 Å². The van der Waals surface area contributed by atoms with Gasteiger partial charge in [0, 0.05) is 29.2 Å². The topological polar surface area (TPSA) is 39.8 Å². The number of rotatable bonds is 3. The highest BCUT2D eigenvalue weighted by molar-refractivity contribution is 6.31. The lowest BCUT2D eigenvalue weighted by Crippen LogP contribution is -2.05. The van der Waals surface area contributed by atoms with E-state index in [0.717, 1.165) is 23.0 Å². The van der Waals surface area contributed by atoms with Crippen molar-refractivity contribution >= 4 is 40.4 Å². The fourth-order valence-corrected chi connectivity index (χ4v) is 2.55. The SMILES string of the molecule is Cn1c(Cl)cnc1Cn1cc(C=O)c2ccc(Cl)cc21. The number of hydrogen-bond acceptors (Lipinski definition) is 2. The first kappa shape index (κ1) is 13.2. The Morgan fingerprint density at radius 1 is 1.35 bits per heavy atom. The van der Waals surface area contributed by atoms with Crippen LogP contribution in [-0.4, -0.2) is 20.4 Å². The molecule has 0 N–H and O–H groups in total. The number of imidazole rings is 1. The molecule has 0 amide bonds. The molecule has 1 aromatic carbocycles. The van der Waals surface area contributed by atoms with E-state index in [0.29, 0.717) is 22.3 Å². The van der Waals surface area contributed by atoms with Crippen molar-refractivity contribution in [2.45, 2.75) is 6.54 Å². The number of nitrogens with zero attached hydrogens (tertiary/aromatic N) is 3. The van der Waals surface area contributed by atoms with Gasteiger partial charge in [0.2, 0.25) is 0 Å². The molecule has 2 heterocycles. The van der Waals surface area contributed by atoms with Gasteiger partial charge in [-0.3, -0.25) is 4.79 Å². The number of fused-ring (bicyclic) bond motifs is 1. The van der Waals surface area contributed by atoms with Crippen LogP contribution in [0.5, 0.6) is 0 Å². The van der Waals surface area contributed by atoms with Crippen LogP contribution in [0.1, 0.15) is 16.2 Å². The minimum Gasteiger partial charge on any atom is -0.339 e. The summed E-state index contributed by atoms with van der Waals surface area (Å²) in [7, 11) is 1.85. The molecule has 0 saturated carbocycles. The minimum absolute atomic E-state index is 0.522. The highest BCUT2D eigenvalue weighted by Gasteiger charge is 2.11. The van der Waals surface area contributed by atoms with Crippen LogP contribution >= 0.6 is 23.2 Å². The second-order valence-corrected chi connectivity index (χ2v) is 5.37. The van der Waals surface area contributed by atoms with Crippen LogP contribution in [0, 0.1) is 0 Å². The molecule has 0 radical (unpaired) electrons. The Bertz CT molecular complexity index is 804. The average molecular weight is 308 g/mol. The Labute approximate surface area is 125 Å². The van der Waals surface area contributed by atoms with Gasteiger partial charge < -0.3 is 9.13 Å². The van der Waals surface area contributed by atoms with Crippen LogP contribution in [-0.2, 0) is 13.6 Å². The smallest absolute Gasteiger partial charge is 0.152 e. The first-order valence-electron chi connectivity index (χ1n) is 6.00. The summed E-state index contributed by atoms with van der Waals surface area (Å²) < 4.78 is 3.75. The van der Waals surface area contributed by atoms with Gasteiger partial charge in [-0.2, -0.15) is 0 Å². The predicted octanol–water partition coefficient (Wildman–Crippen LogP) is 3.54. The van der Waals surface area contributed by atoms with Crippen LogP contribution < -0.4 is 0 Å². The third-order valence-electron chi connectivity index (χ3n) is 3.34. The molecule has 3 aromatic rings. The molecule has 0 fully saturated rings. The van der Waals surface area contributed by atoms with Crippen molar-refractivity contribution in [3.8, 4) is 0 Å². The summed E-state index contributed by atoms with van der Waals surface area (Å²) in [6, 6.07) is 5.47. The Morgan fingerprint density at radius 3 is 2.80 bits per heavy atom. The fourth-order valence-electron chi connectivity index (χ4n) is 2.24. The lowest BCUT2D eigenvalue weighted by Gasteiger charge is -2.06. The standard InChI is InChI=1S/C14H11Cl2N3O/c1-18-13(16)5-17-14(18)7-19-6-9(8-20)11-3-2-10(15)4-12(11)19/h2-6,8H,7H2,1H3. The summed E-state index contributed by atoms with van der Waals surface area (Å²) in [6.07, 6.45) is 4.25. The maximum Gasteiger partial charge on any atom is 0.152 e. The van der Waals surface area contributed by atoms with Gasteiger partial charge in [-0.25, -0.2) is 4.98 Å². The second-order valence-electron chi connectivity index (χ2n) is 4.55. The molecule has 0 aliphatic carbocycles. The first-order chi connectivity index (χ1) is 9.60. The summed E-state index contributed by atoms with van der Waals surface area (Å²) in [4.78, 5) is 15.4. The highest BCUT2D eigenvalue weighted by atomic mass is 35.5. The summed E-state index contributed by atoms with van der Waals surface area (Å²) >= 11 is 12.0. The zero-order valence-corrected chi connectivity index (χ0v) is 12.2. The molecule has 0 spiro atoms. The fraction of sp³-hybridized carbons (Fsp3) is 0.143. The van der Waals surface area contributed by atoms with Gasteiger partial charge in [0.25, 0.3) is 0 Å². The quantitative estimate of drug-likeness (QED) is 0.694. The van der Waals surface area contributed by atoms with Gasteiger partial charge >= 0.3 is 0 Å². The maximum absolute atomic E-state index is 11.2. The summed E-state index contributed by atoms with van der Waals surface area (Å²) in [6.45, 7) is 0.522. The molecule has 6 heteroatoms. The van der Waals surface area contributed by atoms with Crippen molar-refractivity contribution in [3.63, 3.8) is 0 Å². The van der Waals surface area contributed by atoms with Crippen molar-refractivity contribution in [2.24, 2.45) is 7.05 Å². The Hall–Kier alpha value is -1.78. The van der Waals surface area contributed by atoms with E-state index < -0.39 is 0 Å². The zero-order chi connectivity index (χ0) is 14.3. The van der Waals surface area contributed by atoms with Gasteiger partial charge in [-0.15, -0.1) is 0 Å². The van der Waals surface area contributed by atoms with Crippen molar-refractivity contribution in [3.05, 3.63) is 52.2 Å². The largest absolute Gasteiger partial charge is 0.339 e. The second kappa shape index (κ2) is 4.96. The highest BCUT2D eigenvalue weighted by Crippen LogP contribution is 2.25. The molecule has 102 valence electrons. The number of carbonyl (C=O) groups is 1. The molecule has 0 saturated heterocycles.